The minimum atomic E-state index is -4.75. The molecule has 12 heteroatoms. The molecule has 0 aliphatic heterocycles. The number of hydrogen-bond acceptors (Lipinski definition) is 5. The molecule has 0 unspecified atom stereocenters. The van der Waals surface area contributed by atoms with E-state index in [-0.39, 0.29) is 17.6 Å². The van der Waals surface area contributed by atoms with E-state index < -0.39 is 35.8 Å². The number of carbonyl (C=O) groups excluding carboxylic acids is 2. The predicted molar refractivity (Wildman–Crippen MR) is 111 cm³/mol. The molecule has 0 saturated heterocycles. The van der Waals surface area contributed by atoms with Crippen LogP contribution < -0.4 is 10.1 Å². The quantitative estimate of drug-likeness (QED) is 0.384. The van der Waals surface area contributed by atoms with Crippen molar-refractivity contribution in [1.82, 2.24) is 14.8 Å². The average molecular weight is 482 g/mol. The summed E-state index contributed by atoms with van der Waals surface area (Å²) >= 11 is 0. The van der Waals surface area contributed by atoms with Gasteiger partial charge in [-0.2, -0.15) is 27.1 Å². The van der Waals surface area contributed by atoms with Gasteiger partial charge in [-0.25, -0.2) is 4.98 Å². The van der Waals surface area contributed by atoms with Crippen molar-refractivity contribution in [3.05, 3.63) is 47.9 Å². The Balaban J connectivity index is 1.63. The molecule has 1 aliphatic carbocycles. The smallest absolute Gasteiger partial charge is 0.433 e. The van der Waals surface area contributed by atoms with Crippen molar-refractivity contribution < 1.29 is 36.3 Å². The summed E-state index contributed by atoms with van der Waals surface area (Å²) in [7, 11) is 0. The topological polar surface area (TPSA) is 86.1 Å². The van der Waals surface area contributed by atoms with Gasteiger partial charge in [0.1, 0.15) is 17.7 Å². The highest BCUT2D eigenvalue weighted by molar-refractivity contribution is 6.05. The minimum Gasteiger partial charge on any atom is -0.433 e. The fourth-order valence-electron chi connectivity index (χ4n) is 3.96. The van der Waals surface area contributed by atoms with Gasteiger partial charge in [0.25, 0.3) is 5.91 Å². The Morgan fingerprint density at radius 3 is 2.56 bits per heavy atom. The van der Waals surface area contributed by atoms with Gasteiger partial charge in [0.15, 0.2) is 5.75 Å². The Morgan fingerprint density at radius 2 is 1.91 bits per heavy atom. The van der Waals surface area contributed by atoms with Crippen LogP contribution in [-0.4, -0.2) is 33.6 Å². The number of aromatic nitrogens is 3. The van der Waals surface area contributed by atoms with Crippen molar-refractivity contribution in [3.63, 3.8) is 0 Å². The van der Waals surface area contributed by atoms with Gasteiger partial charge in [-0.1, -0.05) is 6.07 Å². The average Bonchev–Trinajstić information content (AvgIpc) is 3.21. The highest BCUT2D eigenvalue weighted by Crippen LogP contribution is 2.35. The van der Waals surface area contributed by atoms with E-state index in [1.807, 2.05) is 0 Å². The molecule has 1 aliphatic rings. The molecular formula is C22H19F5N4O3. The maximum Gasteiger partial charge on any atom is 0.433 e. The van der Waals surface area contributed by atoms with Crippen LogP contribution in [0.3, 0.4) is 0 Å². The van der Waals surface area contributed by atoms with Crippen molar-refractivity contribution in [2.75, 3.05) is 5.32 Å². The first-order valence-corrected chi connectivity index (χ1v) is 10.4. The molecule has 0 radical (unpaired) electrons. The molecule has 2 aromatic heterocycles. The van der Waals surface area contributed by atoms with Gasteiger partial charge in [0, 0.05) is 23.6 Å². The highest BCUT2D eigenvalue weighted by Gasteiger charge is 2.33. The monoisotopic (exact) mass is 482 g/mol. The van der Waals surface area contributed by atoms with Gasteiger partial charge >= 0.3 is 12.8 Å². The van der Waals surface area contributed by atoms with Crippen LogP contribution >= 0.6 is 0 Å². The van der Waals surface area contributed by atoms with Crippen LogP contribution in [0.15, 0.2) is 36.5 Å². The van der Waals surface area contributed by atoms with E-state index in [4.69, 9.17) is 0 Å². The third-order valence-corrected chi connectivity index (χ3v) is 5.67. The number of nitrogens with zero attached hydrogens (tertiary/aromatic N) is 3. The first-order valence-electron chi connectivity index (χ1n) is 10.4. The van der Waals surface area contributed by atoms with Crippen LogP contribution in [0.25, 0.3) is 10.9 Å². The van der Waals surface area contributed by atoms with Crippen LogP contribution in [0.2, 0.25) is 0 Å². The van der Waals surface area contributed by atoms with E-state index in [0.29, 0.717) is 17.0 Å². The third kappa shape index (κ3) is 5.15. The van der Waals surface area contributed by atoms with Crippen LogP contribution in [0, 0.1) is 5.92 Å². The summed E-state index contributed by atoms with van der Waals surface area (Å²) in [6.45, 7) is -3.21. The fraction of sp³-hybridized carbons (Fsp3) is 0.364. The number of alkyl halides is 5. The molecule has 3 aromatic rings. The lowest BCUT2D eigenvalue weighted by atomic mass is 9.87. The summed E-state index contributed by atoms with van der Waals surface area (Å²) in [5.74, 6) is -1.40. The number of rotatable bonds is 6. The second kappa shape index (κ2) is 9.35. The third-order valence-electron chi connectivity index (χ3n) is 5.67. The highest BCUT2D eigenvalue weighted by atomic mass is 19.4. The van der Waals surface area contributed by atoms with E-state index in [9.17, 15) is 31.5 Å². The Hall–Kier alpha value is -3.57. The molecule has 1 aromatic carbocycles. The number of fused-ring (bicyclic) bond motifs is 1. The van der Waals surface area contributed by atoms with Crippen molar-refractivity contribution in [2.24, 2.45) is 5.92 Å². The van der Waals surface area contributed by atoms with Gasteiger partial charge in [-0.15, -0.1) is 0 Å². The Bertz CT molecular complexity index is 1200. The lowest BCUT2D eigenvalue weighted by Crippen LogP contribution is -2.19. The van der Waals surface area contributed by atoms with Crippen molar-refractivity contribution in [2.45, 2.75) is 44.5 Å². The lowest BCUT2D eigenvalue weighted by Gasteiger charge is -2.25. The van der Waals surface area contributed by atoms with E-state index >= 15 is 0 Å². The molecular weight excluding hydrogens is 463 g/mol. The number of aldehydes is 1. The van der Waals surface area contributed by atoms with Crippen LogP contribution in [-0.2, 0) is 11.0 Å². The summed E-state index contributed by atoms with van der Waals surface area (Å²) in [6, 6.07) is 5.42. The van der Waals surface area contributed by atoms with E-state index in [0.717, 1.165) is 44.1 Å². The second-order valence-corrected chi connectivity index (χ2v) is 7.96. The number of carbonyl (C=O) groups is 2. The normalized spacial score (nSPS) is 18.8. The van der Waals surface area contributed by atoms with Crippen molar-refractivity contribution in [3.8, 4) is 5.75 Å². The molecule has 1 saturated carbocycles. The molecule has 180 valence electrons. The molecule has 1 N–H and O–H groups in total. The fourth-order valence-corrected chi connectivity index (χ4v) is 3.96. The molecule has 4 rings (SSSR count). The number of ether oxygens (including phenoxy) is 1. The molecule has 0 atom stereocenters. The van der Waals surface area contributed by atoms with E-state index in [2.05, 4.69) is 20.1 Å². The standard InChI is InChI=1S/C22H19F5N4O3/c23-21(24)34-18-9-16-13(10-31(30-16)14-6-4-12(11-32)5-7-14)8-17(18)29-20(33)15-2-1-3-19(28-15)22(25,26)27/h1-3,8-12,14,21H,4-7H2,(H,29,33)/t12-,14-. The SMILES string of the molecule is O=C[C@H]1CC[C@H](n2cc3cc(NC(=O)c4cccc(C(F)(F)F)n4)c(OC(F)F)cc3n2)CC1. The number of amides is 1. The molecule has 0 spiro atoms. The number of pyridine rings is 1. The van der Waals surface area contributed by atoms with Gasteiger partial charge in [-0.05, 0) is 43.9 Å². The van der Waals surface area contributed by atoms with Gasteiger partial charge in [0.2, 0.25) is 0 Å². The molecule has 1 amide bonds. The Labute approximate surface area is 189 Å². The molecule has 2 heterocycles. The van der Waals surface area contributed by atoms with Crippen LogP contribution in [0.1, 0.15) is 47.9 Å². The Morgan fingerprint density at radius 1 is 1.18 bits per heavy atom. The lowest BCUT2D eigenvalue weighted by molar-refractivity contribution is -0.141. The van der Waals surface area contributed by atoms with E-state index in [1.165, 1.54) is 12.1 Å². The largest absolute Gasteiger partial charge is 0.433 e. The summed E-state index contributed by atoms with van der Waals surface area (Å²) in [5, 5.41) is 7.23. The number of nitrogens with one attached hydrogen (secondary N) is 1. The maximum absolute atomic E-state index is 13.0. The van der Waals surface area contributed by atoms with Crippen LogP contribution in [0.5, 0.6) is 5.75 Å². The van der Waals surface area contributed by atoms with Crippen molar-refractivity contribution >= 4 is 28.8 Å². The number of benzene rings is 1. The van der Waals surface area contributed by atoms with Gasteiger partial charge in [0.05, 0.1) is 17.2 Å². The summed E-state index contributed by atoms with van der Waals surface area (Å²) in [4.78, 5) is 26.8. The Kier molecular flexibility index (Phi) is 6.49. The maximum atomic E-state index is 13.0. The van der Waals surface area contributed by atoms with Gasteiger partial charge in [-0.3, -0.25) is 9.48 Å². The first kappa shape index (κ1) is 23.6. The summed E-state index contributed by atoms with van der Waals surface area (Å²) in [6.07, 6.45) is 0.762. The minimum absolute atomic E-state index is 0.0125. The van der Waals surface area contributed by atoms with Gasteiger partial charge < -0.3 is 14.8 Å². The van der Waals surface area contributed by atoms with Crippen LogP contribution in [0.4, 0.5) is 27.6 Å². The zero-order valence-electron chi connectivity index (χ0n) is 17.6. The molecule has 34 heavy (non-hydrogen) atoms. The predicted octanol–water partition coefficient (Wildman–Crippen LogP) is 5.23. The zero-order chi connectivity index (χ0) is 24.5. The molecule has 0 bridgehead atoms. The molecule has 7 nitrogen and oxygen atoms in total. The molecule has 1 fully saturated rings. The summed E-state index contributed by atoms with van der Waals surface area (Å²) in [5.41, 5.74) is -1.63. The van der Waals surface area contributed by atoms with E-state index in [1.54, 1.807) is 10.9 Å². The first-order chi connectivity index (χ1) is 16.1. The number of halogens is 5. The number of anilines is 1. The number of hydrogen-bond donors (Lipinski definition) is 1. The second-order valence-electron chi connectivity index (χ2n) is 7.96. The van der Waals surface area contributed by atoms with Crippen molar-refractivity contribution in [1.29, 1.82) is 0 Å². The summed E-state index contributed by atoms with van der Waals surface area (Å²) < 4.78 is 70.9. The zero-order valence-corrected chi connectivity index (χ0v) is 17.6.